The Labute approximate surface area is 114 Å². The number of carbonyl (C=O) groups is 1. The molecule has 0 aliphatic carbocycles. The molecule has 15 heavy (non-hydrogen) atoms. The van der Waals surface area contributed by atoms with Crippen molar-refractivity contribution in [1.29, 1.82) is 0 Å². The van der Waals surface area contributed by atoms with Gasteiger partial charge in [0.25, 0.3) is 0 Å². The Kier molecular flexibility index (Phi) is 6.67. The topological polar surface area (TPSA) is 74.3 Å². The first-order chi connectivity index (χ1) is 6.63. The Morgan fingerprint density at radius 3 is 2.80 bits per heavy atom. The Hall–Kier alpha value is -0.490. The van der Waals surface area contributed by atoms with Crippen LogP contribution in [0.3, 0.4) is 0 Å². The first kappa shape index (κ1) is 14.5. The summed E-state index contributed by atoms with van der Waals surface area (Å²) in [5.74, 6) is -0.510. The van der Waals surface area contributed by atoms with Crippen LogP contribution in [0.15, 0.2) is 12.1 Å². The number of aliphatic carboxylic acids is 1. The van der Waals surface area contributed by atoms with Crippen LogP contribution in [0.4, 0.5) is 5.82 Å². The minimum absolute atomic E-state index is 0. The van der Waals surface area contributed by atoms with Gasteiger partial charge < -0.3 is 20.0 Å². The van der Waals surface area contributed by atoms with E-state index in [-0.39, 0.29) is 40.5 Å². The second kappa shape index (κ2) is 6.90. The van der Waals surface area contributed by atoms with E-state index in [0.717, 1.165) is 0 Å². The molecule has 0 spiro atoms. The average Bonchev–Trinajstić information content (AvgIpc) is 2.15. The van der Waals surface area contributed by atoms with E-state index < -0.39 is 12.6 Å². The number of rotatable bonds is 4. The summed E-state index contributed by atoms with van der Waals surface area (Å²) in [5, 5.41) is 13.0. The third-order valence-electron chi connectivity index (χ3n) is 1.42. The fourth-order valence-corrected chi connectivity index (χ4v) is 1.01. The van der Waals surface area contributed by atoms with E-state index in [1.807, 2.05) is 0 Å². The van der Waals surface area contributed by atoms with Crippen LogP contribution in [-0.2, 0) is 4.79 Å². The van der Waals surface area contributed by atoms with E-state index in [2.05, 4.69) is 10.3 Å². The molecular weight excluding hydrogens is 231 g/mol. The maximum atomic E-state index is 10.1. The summed E-state index contributed by atoms with van der Waals surface area (Å²) in [5.41, 5.74) is 0. The standard InChI is InChI=1S/C8H9ClN2O3.Na/c1-10-6-3-2-5(8(9)11-6)14-4-7(12)13;/h2-3H,4H2,1H3,(H,10,11)(H,12,13);/q;+1/p-1. The summed E-state index contributed by atoms with van der Waals surface area (Å²) in [6, 6.07) is 3.15. The summed E-state index contributed by atoms with van der Waals surface area (Å²) in [4.78, 5) is 14.0. The van der Waals surface area contributed by atoms with E-state index in [0.29, 0.717) is 5.82 Å². The molecule has 0 saturated carbocycles. The zero-order chi connectivity index (χ0) is 10.6. The van der Waals surface area contributed by atoms with Crippen LogP contribution >= 0.6 is 11.6 Å². The van der Waals surface area contributed by atoms with Crippen molar-refractivity contribution in [3.8, 4) is 5.75 Å². The van der Waals surface area contributed by atoms with Crippen LogP contribution in [-0.4, -0.2) is 24.6 Å². The Morgan fingerprint density at radius 1 is 1.67 bits per heavy atom. The van der Waals surface area contributed by atoms with Gasteiger partial charge in [-0.1, -0.05) is 11.6 Å². The number of halogens is 1. The predicted octanol–water partition coefficient (Wildman–Crippen LogP) is -3.09. The van der Waals surface area contributed by atoms with Gasteiger partial charge in [-0.05, 0) is 12.1 Å². The number of hydrogen-bond donors (Lipinski definition) is 1. The Morgan fingerprint density at radius 2 is 2.33 bits per heavy atom. The molecule has 0 atom stereocenters. The number of carboxylic acids is 1. The van der Waals surface area contributed by atoms with E-state index in [1.165, 1.54) is 6.07 Å². The molecule has 1 aromatic heterocycles. The number of anilines is 1. The van der Waals surface area contributed by atoms with Crippen LogP contribution in [0, 0.1) is 0 Å². The van der Waals surface area contributed by atoms with Crippen molar-refractivity contribution in [2.75, 3.05) is 19.0 Å². The molecule has 1 aromatic rings. The van der Waals surface area contributed by atoms with Crippen molar-refractivity contribution in [2.24, 2.45) is 0 Å². The van der Waals surface area contributed by atoms with Gasteiger partial charge in [-0.15, -0.1) is 0 Å². The van der Waals surface area contributed by atoms with Crippen LogP contribution in [0.1, 0.15) is 0 Å². The van der Waals surface area contributed by atoms with Crippen molar-refractivity contribution in [1.82, 2.24) is 4.98 Å². The Balaban J connectivity index is 0.00000196. The van der Waals surface area contributed by atoms with Gasteiger partial charge in [0, 0.05) is 7.05 Å². The maximum Gasteiger partial charge on any atom is 1.00 e. The molecule has 0 bridgehead atoms. The van der Waals surface area contributed by atoms with Crippen molar-refractivity contribution >= 4 is 23.4 Å². The molecule has 1 heterocycles. The van der Waals surface area contributed by atoms with E-state index in [4.69, 9.17) is 16.3 Å². The zero-order valence-corrected chi connectivity index (χ0v) is 11.2. The fraction of sp³-hybridized carbons (Fsp3) is 0.250. The van der Waals surface area contributed by atoms with E-state index in [9.17, 15) is 9.90 Å². The number of aromatic nitrogens is 1. The Bertz CT molecular complexity index is 349. The van der Waals surface area contributed by atoms with Crippen LogP contribution in [0.2, 0.25) is 5.15 Å². The number of carbonyl (C=O) groups excluding carboxylic acids is 1. The molecule has 1 rings (SSSR count). The molecule has 0 amide bonds. The van der Waals surface area contributed by atoms with Gasteiger partial charge in [-0.2, -0.15) is 0 Å². The minimum Gasteiger partial charge on any atom is -0.546 e. The number of ether oxygens (including phenoxy) is 1. The van der Waals surface area contributed by atoms with Crippen molar-refractivity contribution in [3.63, 3.8) is 0 Å². The number of pyridine rings is 1. The number of nitrogens with zero attached hydrogens (tertiary/aromatic N) is 1. The molecule has 0 unspecified atom stereocenters. The SMILES string of the molecule is CNc1ccc(OCC(=O)[O-])c(Cl)n1.[Na+]. The largest absolute Gasteiger partial charge is 1.00 e. The van der Waals surface area contributed by atoms with Gasteiger partial charge in [0.1, 0.15) is 12.4 Å². The molecule has 1 N–H and O–H groups in total. The normalized spacial score (nSPS) is 8.93. The summed E-state index contributed by atoms with van der Waals surface area (Å²) in [6.45, 7) is -0.541. The van der Waals surface area contributed by atoms with Crippen LogP contribution in [0.25, 0.3) is 0 Å². The molecule has 0 fully saturated rings. The number of hydrogen-bond acceptors (Lipinski definition) is 5. The van der Waals surface area contributed by atoms with E-state index in [1.54, 1.807) is 13.1 Å². The molecule has 76 valence electrons. The predicted molar refractivity (Wildman–Crippen MR) is 49.3 cm³/mol. The van der Waals surface area contributed by atoms with Crippen LogP contribution in [0.5, 0.6) is 5.75 Å². The molecular formula is C8H8ClN2NaO3. The summed E-state index contributed by atoms with van der Waals surface area (Å²) in [6.07, 6.45) is 0. The number of nitrogens with one attached hydrogen (secondary N) is 1. The van der Waals surface area contributed by atoms with Crippen LogP contribution < -0.4 is 44.7 Å². The molecule has 0 radical (unpaired) electrons. The second-order valence-electron chi connectivity index (χ2n) is 2.40. The second-order valence-corrected chi connectivity index (χ2v) is 2.75. The quantitative estimate of drug-likeness (QED) is 0.445. The van der Waals surface area contributed by atoms with Gasteiger partial charge in [0.05, 0.1) is 5.97 Å². The average molecular weight is 239 g/mol. The van der Waals surface area contributed by atoms with Crippen molar-refractivity contribution < 1.29 is 44.2 Å². The maximum absolute atomic E-state index is 10.1. The summed E-state index contributed by atoms with van der Waals surface area (Å²) in [7, 11) is 1.69. The molecule has 5 nitrogen and oxygen atoms in total. The van der Waals surface area contributed by atoms with Gasteiger partial charge >= 0.3 is 29.6 Å². The van der Waals surface area contributed by atoms with Crippen molar-refractivity contribution in [2.45, 2.75) is 0 Å². The third kappa shape index (κ3) is 4.70. The molecule has 0 aliphatic heterocycles. The molecule has 0 saturated heterocycles. The van der Waals surface area contributed by atoms with Crippen molar-refractivity contribution in [3.05, 3.63) is 17.3 Å². The number of carboxylic acid groups (broad SMARTS) is 1. The molecule has 0 aromatic carbocycles. The first-order valence-electron chi connectivity index (χ1n) is 3.80. The monoisotopic (exact) mass is 238 g/mol. The van der Waals surface area contributed by atoms with Gasteiger partial charge in [-0.25, -0.2) is 4.98 Å². The summed E-state index contributed by atoms with van der Waals surface area (Å²) < 4.78 is 4.81. The summed E-state index contributed by atoms with van der Waals surface area (Å²) >= 11 is 5.70. The van der Waals surface area contributed by atoms with Gasteiger partial charge in [0.15, 0.2) is 10.9 Å². The first-order valence-corrected chi connectivity index (χ1v) is 4.18. The smallest absolute Gasteiger partial charge is 0.546 e. The minimum atomic E-state index is -1.31. The van der Waals surface area contributed by atoms with Gasteiger partial charge in [0.2, 0.25) is 0 Å². The molecule has 0 aliphatic rings. The zero-order valence-electron chi connectivity index (χ0n) is 8.41. The van der Waals surface area contributed by atoms with Gasteiger partial charge in [-0.3, -0.25) is 0 Å². The molecule has 7 heteroatoms. The third-order valence-corrected chi connectivity index (χ3v) is 1.69. The van der Waals surface area contributed by atoms with E-state index >= 15 is 0 Å². The fourth-order valence-electron chi connectivity index (χ4n) is 0.805.